The summed E-state index contributed by atoms with van der Waals surface area (Å²) in [6.07, 6.45) is 3.59. The van der Waals surface area contributed by atoms with Crippen LogP contribution in [0.4, 0.5) is 0 Å². The predicted molar refractivity (Wildman–Crippen MR) is 135 cm³/mol. The number of pyridine rings is 1. The van der Waals surface area contributed by atoms with Gasteiger partial charge in [-0.25, -0.2) is 0 Å². The molecular formula is C25H26ClN5O2S. The maximum Gasteiger partial charge on any atom is 0.196 e. The van der Waals surface area contributed by atoms with E-state index in [9.17, 15) is 0 Å². The second-order valence-electron chi connectivity index (χ2n) is 7.71. The van der Waals surface area contributed by atoms with Crippen LogP contribution in [0.15, 0.2) is 72.1 Å². The number of hydrogen-bond acceptors (Lipinski definition) is 7. The molecule has 0 aliphatic rings. The minimum atomic E-state index is 0.588. The normalized spacial score (nSPS) is 11.1. The number of halogens is 1. The Balaban J connectivity index is 1.58. The van der Waals surface area contributed by atoms with Crippen molar-refractivity contribution >= 4 is 23.4 Å². The van der Waals surface area contributed by atoms with E-state index in [4.69, 9.17) is 21.1 Å². The fourth-order valence-corrected chi connectivity index (χ4v) is 4.68. The molecule has 0 aliphatic heterocycles. The second kappa shape index (κ2) is 11.4. The Morgan fingerprint density at radius 3 is 2.53 bits per heavy atom. The van der Waals surface area contributed by atoms with Crippen molar-refractivity contribution in [3.63, 3.8) is 0 Å². The van der Waals surface area contributed by atoms with Gasteiger partial charge in [-0.05, 0) is 49.0 Å². The average Bonchev–Trinajstić information content (AvgIpc) is 3.25. The topological polar surface area (TPSA) is 65.3 Å². The van der Waals surface area contributed by atoms with Crippen molar-refractivity contribution in [3.05, 3.63) is 89.0 Å². The van der Waals surface area contributed by atoms with E-state index in [0.717, 1.165) is 39.5 Å². The highest BCUT2D eigenvalue weighted by Gasteiger charge is 2.17. The van der Waals surface area contributed by atoms with Gasteiger partial charge in [-0.1, -0.05) is 35.5 Å². The van der Waals surface area contributed by atoms with Crippen molar-refractivity contribution in [2.45, 2.75) is 24.0 Å². The Labute approximate surface area is 208 Å². The third-order valence-corrected chi connectivity index (χ3v) is 6.47. The molecule has 0 saturated heterocycles. The maximum absolute atomic E-state index is 6.31. The molecule has 4 aromatic rings. The van der Waals surface area contributed by atoms with Gasteiger partial charge in [0.25, 0.3) is 0 Å². The Morgan fingerprint density at radius 2 is 1.79 bits per heavy atom. The molecule has 2 aromatic heterocycles. The molecule has 9 heteroatoms. The third kappa shape index (κ3) is 5.88. The van der Waals surface area contributed by atoms with E-state index in [1.54, 1.807) is 38.4 Å². The first-order chi connectivity index (χ1) is 16.6. The molecule has 0 atom stereocenters. The first-order valence-electron chi connectivity index (χ1n) is 10.7. The van der Waals surface area contributed by atoms with Gasteiger partial charge in [-0.2, -0.15) is 0 Å². The number of ether oxygens (including phenoxy) is 2. The van der Waals surface area contributed by atoms with Crippen LogP contribution in [0.2, 0.25) is 5.02 Å². The van der Waals surface area contributed by atoms with E-state index in [1.165, 1.54) is 5.56 Å². The molecule has 2 heterocycles. The highest BCUT2D eigenvalue weighted by molar-refractivity contribution is 7.98. The van der Waals surface area contributed by atoms with Gasteiger partial charge in [0.15, 0.2) is 11.0 Å². The summed E-state index contributed by atoms with van der Waals surface area (Å²) in [6.45, 7) is 1.26. The monoisotopic (exact) mass is 495 g/mol. The lowest BCUT2D eigenvalue weighted by molar-refractivity contribution is 0.299. The molecule has 176 valence electrons. The molecule has 4 rings (SSSR count). The Bertz CT molecular complexity index is 1240. The predicted octanol–water partition coefficient (Wildman–Crippen LogP) is 5.26. The molecule has 0 spiro atoms. The summed E-state index contributed by atoms with van der Waals surface area (Å²) >= 11 is 7.94. The Kier molecular flexibility index (Phi) is 8.05. The zero-order valence-corrected chi connectivity index (χ0v) is 20.9. The van der Waals surface area contributed by atoms with Crippen LogP contribution in [0.3, 0.4) is 0 Å². The summed E-state index contributed by atoms with van der Waals surface area (Å²) in [6, 6.07) is 17.6. The van der Waals surface area contributed by atoms with Gasteiger partial charge in [0.2, 0.25) is 0 Å². The van der Waals surface area contributed by atoms with Crippen LogP contribution in [0.25, 0.3) is 5.69 Å². The van der Waals surface area contributed by atoms with Crippen LogP contribution in [0, 0.1) is 0 Å². The third-order valence-electron chi connectivity index (χ3n) is 5.23. The van der Waals surface area contributed by atoms with Gasteiger partial charge in [0.1, 0.15) is 11.5 Å². The number of thioether (sulfide) groups is 1. The number of hydrogen-bond donors (Lipinski definition) is 0. The molecule has 0 saturated carbocycles. The van der Waals surface area contributed by atoms with Gasteiger partial charge in [-0.3, -0.25) is 14.5 Å². The van der Waals surface area contributed by atoms with Crippen LogP contribution in [0.5, 0.6) is 11.5 Å². The summed E-state index contributed by atoms with van der Waals surface area (Å²) in [7, 11) is 5.36. The Morgan fingerprint density at radius 1 is 0.971 bits per heavy atom. The fourth-order valence-electron chi connectivity index (χ4n) is 3.57. The summed E-state index contributed by atoms with van der Waals surface area (Å²) in [4.78, 5) is 6.26. The van der Waals surface area contributed by atoms with Gasteiger partial charge in [-0.15, -0.1) is 10.2 Å². The molecule has 34 heavy (non-hydrogen) atoms. The highest BCUT2D eigenvalue weighted by atomic mass is 35.5. The van der Waals surface area contributed by atoms with Crippen molar-refractivity contribution in [1.82, 2.24) is 24.6 Å². The van der Waals surface area contributed by atoms with Crippen LogP contribution < -0.4 is 9.47 Å². The summed E-state index contributed by atoms with van der Waals surface area (Å²) in [5, 5.41) is 10.5. The standard InChI is InChI=1S/C25H26ClN5O2S/c1-30(15-19-7-8-22(32-2)14-23(19)33-3)16-24-28-29-25(34-17-18-9-11-27-12-10-18)31(24)21-6-4-5-20(26)13-21/h4-14H,15-17H2,1-3H3. The molecule has 0 N–H and O–H groups in total. The number of methoxy groups -OCH3 is 2. The molecule has 0 unspecified atom stereocenters. The van der Waals surface area contributed by atoms with E-state index in [2.05, 4.69) is 24.6 Å². The van der Waals surface area contributed by atoms with E-state index < -0.39 is 0 Å². The van der Waals surface area contributed by atoms with E-state index in [1.807, 2.05) is 61.6 Å². The highest BCUT2D eigenvalue weighted by Crippen LogP contribution is 2.28. The largest absolute Gasteiger partial charge is 0.497 e. The van der Waals surface area contributed by atoms with Gasteiger partial charge < -0.3 is 9.47 Å². The minimum Gasteiger partial charge on any atom is -0.497 e. The Hall–Kier alpha value is -3.07. The lowest BCUT2D eigenvalue weighted by atomic mass is 10.2. The molecule has 0 amide bonds. The second-order valence-corrected chi connectivity index (χ2v) is 9.09. The zero-order chi connectivity index (χ0) is 23.9. The molecule has 0 radical (unpaired) electrons. The first-order valence-corrected chi connectivity index (χ1v) is 12.0. The van der Waals surface area contributed by atoms with Crippen LogP contribution in [-0.4, -0.2) is 45.9 Å². The number of nitrogens with zero attached hydrogens (tertiary/aromatic N) is 5. The van der Waals surface area contributed by atoms with Crippen molar-refractivity contribution in [2.75, 3.05) is 21.3 Å². The summed E-state index contributed by atoms with van der Waals surface area (Å²) in [5.41, 5.74) is 3.16. The zero-order valence-electron chi connectivity index (χ0n) is 19.3. The first kappa shape index (κ1) is 24.1. The van der Waals surface area contributed by atoms with Crippen molar-refractivity contribution < 1.29 is 9.47 Å². The summed E-state index contributed by atoms with van der Waals surface area (Å²) in [5.74, 6) is 3.14. The number of aromatic nitrogens is 4. The summed E-state index contributed by atoms with van der Waals surface area (Å²) < 4.78 is 12.9. The van der Waals surface area contributed by atoms with Crippen LogP contribution in [-0.2, 0) is 18.8 Å². The van der Waals surface area contributed by atoms with Crippen molar-refractivity contribution in [2.24, 2.45) is 0 Å². The number of rotatable bonds is 10. The molecule has 0 bridgehead atoms. The molecule has 2 aromatic carbocycles. The molecule has 0 fully saturated rings. The minimum absolute atomic E-state index is 0.588. The molecule has 0 aliphatic carbocycles. The lowest BCUT2D eigenvalue weighted by Crippen LogP contribution is -2.20. The van der Waals surface area contributed by atoms with E-state index >= 15 is 0 Å². The smallest absolute Gasteiger partial charge is 0.196 e. The van der Waals surface area contributed by atoms with Crippen LogP contribution in [0.1, 0.15) is 17.0 Å². The lowest BCUT2D eigenvalue weighted by Gasteiger charge is -2.19. The van der Waals surface area contributed by atoms with Gasteiger partial charge >= 0.3 is 0 Å². The average molecular weight is 496 g/mol. The van der Waals surface area contributed by atoms with Gasteiger partial charge in [0, 0.05) is 41.3 Å². The van der Waals surface area contributed by atoms with Crippen molar-refractivity contribution in [3.8, 4) is 17.2 Å². The van der Waals surface area contributed by atoms with E-state index in [-0.39, 0.29) is 0 Å². The van der Waals surface area contributed by atoms with Gasteiger partial charge in [0.05, 0.1) is 26.5 Å². The molecule has 7 nitrogen and oxygen atoms in total. The number of benzene rings is 2. The maximum atomic E-state index is 6.31. The van der Waals surface area contributed by atoms with Crippen LogP contribution >= 0.6 is 23.4 Å². The van der Waals surface area contributed by atoms with Crippen molar-refractivity contribution in [1.29, 1.82) is 0 Å². The fraction of sp³-hybridized carbons (Fsp3) is 0.240. The van der Waals surface area contributed by atoms with E-state index in [0.29, 0.717) is 18.1 Å². The quantitative estimate of drug-likeness (QED) is 0.278. The SMILES string of the molecule is COc1ccc(CN(C)Cc2nnc(SCc3ccncc3)n2-c2cccc(Cl)c2)c(OC)c1. The molecular weight excluding hydrogens is 470 g/mol.